The Hall–Kier alpha value is -2.80. The number of amides is 3. The van der Waals surface area contributed by atoms with Gasteiger partial charge in [0, 0.05) is 11.3 Å². The lowest BCUT2D eigenvalue weighted by Gasteiger charge is -2.12. The van der Waals surface area contributed by atoms with Crippen LogP contribution in [0.15, 0.2) is 48.5 Å². The smallest absolute Gasteiger partial charge is 0.286 e. The lowest BCUT2D eigenvalue weighted by Crippen LogP contribution is -2.25. The summed E-state index contributed by atoms with van der Waals surface area (Å²) < 4.78 is 5.34. The first-order valence-corrected chi connectivity index (χ1v) is 8.95. The Morgan fingerprint density at radius 2 is 1.96 bits per heavy atom. The molecule has 0 radical (unpaired) electrons. The number of methoxy groups -OCH3 is 1. The molecule has 3 rings (SSSR count). The summed E-state index contributed by atoms with van der Waals surface area (Å²) in [5.74, 6) is 0.172. The van der Waals surface area contributed by atoms with Crippen molar-refractivity contribution < 1.29 is 19.1 Å². The van der Waals surface area contributed by atoms with Crippen molar-refractivity contribution in [2.45, 2.75) is 18.1 Å². The molecule has 0 bridgehead atoms. The van der Waals surface area contributed by atoms with Crippen LogP contribution in [-0.4, -0.2) is 29.4 Å². The molecule has 26 heavy (non-hydrogen) atoms. The van der Waals surface area contributed by atoms with E-state index in [9.17, 15) is 14.4 Å². The number of ether oxygens (including phenoxy) is 1. The van der Waals surface area contributed by atoms with Gasteiger partial charge >= 0.3 is 0 Å². The molecule has 1 saturated heterocycles. The fourth-order valence-corrected chi connectivity index (χ4v) is 3.60. The van der Waals surface area contributed by atoms with Crippen LogP contribution in [0, 0.1) is 0 Å². The average Bonchev–Trinajstić information content (AvgIpc) is 2.93. The van der Waals surface area contributed by atoms with Gasteiger partial charge in [0.05, 0.1) is 18.8 Å². The summed E-state index contributed by atoms with van der Waals surface area (Å²) in [6, 6.07) is 14.7. The number of carbonyl (C=O) groups is 3. The summed E-state index contributed by atoms with van der Waals surface area (Å²) >= 11 is 0.990. The van der Waals surface area contributed by atoms with E-state index in [1.54, 1.807) is 13.2 Å². The van der Waals surface area contributed by atoms with Crippen molar-refractivity contribution in [3.63, 3.8) is 0 Å². The molecule has 6 nitrogen and oxygen atoms in total. The van der Waals surface area contributed by atoms with Crippen molar-refractivity contribution >= 4 is 34.5 Å². The van der Waals surface area contributed by atoms with Crippen molar-refractivity contribution in [1.29, 1.82) is 0 Å². The Morgan fingerprint density at radius 1 is 1.19 bits per heavy atom. The van der Waals surface area contributed by atoms with Crippen LogP contribution in [0.3, 0.4) is 0 Å². The summed E-state index contributed by atoms with van der Waals surface area (Å²) in [7, 11) is 1.55. The maximum Gasteiger partial charge on any atom is 0.286 e. The zero-order chi connectivity index (χ0) is 18.5. The number of benzene rings is 2. The molecule has 0 aliphatic carbocycles. The maximum atomic E-state index is 12.3. The number of para-hydroxylation sites is 1. The molecule has 1 aliphatic rings. The van der Waals surface area contributed by atoms with Gasteiger partial charge in [-0.25, -0.2) is 0 Å². The fourth-order valence-electron chi connectivity index (χ4n) is 2.74. The maximum absolute atomic E-state index is 12.3. The Balaban J connectivity index is 1.72. The molecule has 1 aliphatic heterocycles. The first-order chi connectivity index (χ1) is 12.5. The van der Waals surface area contributed by atoms with Crippen LogP contribution in [-0.2, 0) is 22.4 Å². The molecule has 3 amide bonds. The van der Waals surface area contributed by atoms with Gasteiger partial charge in [-0.2, -0.15) is 0 Å². The van der Waals surface area contributed by atoms with Gasteiger partial charge in [0.25, 0.3) is 5.24 Å². The molecule has 134 valence electrons. The Kier molecular flexibility index (Phi) is 5.58. The summed E-state index contributed by atoms with van der Waals surface area (Å²) in [6.07, 6.45) is 0.564. The highest BCUT2D eigenvalue weighted by Gasteiger charge is 2.31. The van der Waals surface area contributed by atoms with Crippen molar-refractivity contribution in [2.24, 2.45) is 0 Å². The third kappa shape index (κ3) is 4.43. The number of carbonyl (C=O) groups excluding carboxylic acids is 3. The van der Waals surface area contributed by atoms with Crippen molar-refractivity contribution in [3.8, 4) is 5.75 Å². The largest absolute Gasteiger partial charge is 0.496 e. The van der Waals surface area contributed by atoms with E-state index in [4.69, 9.17) is 4.74 Å². The summed E-state index contributed by atoms with van der Waals surface area (Å²) in [5, 5.41) is 4.35. The topological polar surface area (TPSA) is 84.5 Å². The van der Waals surface area contributed by atoms with Crippen LogP contribution in [0.2, 0.25) is 0 Å². The Bertz CT molecular complexity index is 839. The molecular weight excluding hydrogens is 352 g/mol. The van der Waals surface area contributed by atoms with Crippen LogP contribution in [0.4, 0.5) is 10.5 Å². The van der Waals surface area contributed by atoms with E-state index in [1.807, 2.05) is 42.5 Å². The van der Waals surface area contributed by atoms with Crippen molar-refractivity contribution in [3.05, 3.63) is 59.7 Å². The number of nitrogens with one attached hydrogen (secondary N) is 2. The highest BCUT2D eigenvalue weighted by Crippen LogP contribution is 2.26. The van der Waals surface area contributed by atoms with E-state index in [2.05, 4.69) is 10.6 Å². The summed E-state index contributed by atoms with van der Waals surface area (Å²) in [6.45, 7) is 0. The molecule has 1 atom stereocenters. The highest BCUT2D eigenvalue weighted by molar-refractivity contribution is 8.15. The molecule has 2 N–H and O–H groups in total. The van der Waals surface area contributed by atoms with E-state index in [-0.39, 0.29) is 23.5 Å². The lowest BCUT2D eigenvalue weighted by molar-refractivity contribution is -0.119. The first kappa shape index (κ1) is 18.0. The molecule has 0 spiro atoms. The third-order valence-corrected chi connectivity index (χ3v) is 4.92. The van der Waals surface area contributed by atoms with Crippen molar-refractivity contribution in [2.75, 3.05) is 12.4 Å². The average molecular weight is 370 g/mol. The molecule has 0 aromatic heterocycles. The number of thioether (sulfide) groups is 1. The van der Waals surface area contributed by atoms with Gasteiger partial charge in [-0.1, -0.05) is 42.1 Å². The van der Waals surface area contributed by atoms with Gasteiger partial charge in [0.1, 0.15) is 5.75 Å². The number of anilines is 1. The highest BCUT2D eigenvalue weighted by atomic mass is 32.2. The van der Waals surface area contributed by atoms with Crippen LogP contribution in [0.25, 0.3) is 0 Å². The Morgan fingerprint density at radius 3 is 2.62 bits per heavy atom. The zero-order valence-corrected chi connectivity index (χ0v) is 15.0. The van der Waals surface area contributed by atoms with E-state index in [0.29, 0.717) is 12.2 Å². The van der Waals surface area contributed by atoms with Crippen LogP contribution in [0.1, 0.15) is 11.1 Å². The SMILES string of the molecule is COc1ccc(CC2SC(=O)NC2=O)cc1CC(=O)Nc1ccccc1. The quantitative estimate of drug-likeness (QED) is 0.817. The van der Waals surface area contributed by atoms with Gasteiger partial charge in [-0.3, -0.25) is 19.7 Å². The normalized spacial score (nSPS) is 16.3. The predicted octanol–water partition coefficient (Wildman–Crippen LogP) is 2.77. The second kappa shape index (κ2) is 8.05. The zero-order valence-electron chi connectivity index (χ0n) is 14.2. The second-order valence-electron chi connectivity index (χ2n) is 5.82. The number of imide groups is 1. The predicted molar refractivity (Wildman–Crippen MR) is 100 cm³/mol. The van der Waals surface area contributed by atoms with Crippen LogP contribution >= 0.6 is 11.8 Å². The monoisotopic (exact) mass is 370 g/mol. The van der Waals surface area contributed by atoms with Crippen molar-refractivity contribution in [1.82, 2.24) is 5.32 Å². The van der Waals surface area contributed by atoms with Crippen LogP contribution < -0.4 is 15.4 Å². The fraction of sp³-hybridized carbons (Fsp3) is 0.211. The van der Waals surface area contributed by atoms with Gasteiger partial charge in [0.15, 0.2) is 0 Å². The standard InChI is InChI=1S/C19H18N2O4S/c1-25-15-8-7-12(10-16-18(23)21-19(24)26-16)9-13(15)11-17(22)20-14-5-3-2-4-6-14/h2-9,16H,10-11H2,1H3,(H,20,22)(H,21,23,24). The molecule has 1 unspecified atom stereocenters. The van der Waals surface area contributed by atoms with Gasteiger partial charge in [-0.15, -0.1) is 0 Å². The first-order valence-electron chi connectivity index (χ1n) is 8.07. The molecule has 1 fully saturated rings. The molecule has 2 aromatic rings. The van der Waals surface area contributed by atoms with E-state index in [1.165, 1.54) is 0 Å². The van der Waals surface area contributed by atoms with E-state index >= 15 is 0 Å². The second-order valence-corrected chi connectivity index (χ2v) is 7.00. The Labute approximate surface area is 155 Å². The molecule has 2 aromatic carbocycles. The van der Waals surface area contributed by atoms with Gasteiger partial charge < -0.3 is 10.1 Å². The van der Waals surface area contributed by atoms with Gasteiger partial charge in [-0.05, 0) is 30.2 Å². The number of hydrogen-bond acceptors (Lipinski definition) is 5. The van der Waals surface area contributed by atoms with E-state index < -0.39 is 5.25 Å². The molecule has 0 saturated carbocycles. The molecular formula is C19H18N2O4S. The number of rotatable bonds is 6. The lowest BCUT2D eigenvalue weighted by atomic mass is 10.0. The summed E-state index contributed by atoms with van der Waals surface area (Å²) in [4.78, 5) is 35.4. The molecule has 1 heterocycles. The minimum absolute atomic E-state index is 0.148. The van der Waals surface area contributed by atoms with E-state index in [0.717, 1.165) is 28.6 Å². The van der Waals surface area contributed by atoms with Crippen LogP contribution in [0.5, 0.6) is 5.75 Å². The minimum Gasteiger partial charge on any atom is -0.496 e. The summed E-state index contributed by atoms with van der Waals surface area (Å²) in [5.41, 5.74) is 2.33. The molecule has 7 heteroatoms. The number of hydrogen-bond donors (Lipinski definition) is 2. The third-order valence-electron chi connectivity index (χ3n) is 3.94. The van der Waals surface area contributed by atoms with Gasteiger partial charge in [0.2, 0.25) is 11.8 Å². The minimum atomic E-state index is -0.443.